The second kappa shape index (κ2) is 6.08. The molecule has 0 aromatic heterocycles. The van der Waals surface area contributed by atoms with Crippen LogP contribution in [0.1, 0.15) is 32.6 Å². The summed E-state index contributed by atoms with van der Waals surface area (Å²) in [5.74, 6) is -0.0604. The minimum Gasteiger partial charge on any atom is -0.353 e. The summed E-state index contributed by atoms with van der Waals surface area (Å²) in [7, 11) is 2.13. The Balaban J connectivity index is 2.11. The molecular weight excluding hydrogens is 190 g/mol. The van der Waals surface area contributed by atoms with E-state index in [4.69, 9.17) is 5.73 Å². The van der Waals surface area contributed by atoms with Crippen molar-refractivity contribution in [2.75, 3.05) is 20.1 Å². The number of carbonyl (C=O) groups excluding carboxylic acids is 1. The Morgan fingerprint density at radius 2 is 2.13 bits per heavy atom. The maximum Gasteiger partial charge on any atom is 0.236 e. The minimum absolute atomic E-state index is 0.0604. The van der Waals surface area contributed by atoms with Gasteiger partial charge in [-0.15, -0.1) is 0 Å². The zero-order valence-electron chi connectivity index (χ0n) is 9.83. The van der Waals surface area contributed by atoms with Crippen LogP contribution < -0.4 is 11.1 Å². The van der Waals surface area contributed by atoms with Gasteiger partial charge in [0.15, 0.2) is 0 Å². The Kier molecular flexibility index (Phi) is 5.05. The second-order valence-corrected chi connectivity index (χ2v) is 4.50. The molecule has 0 aromatic rings. The largest absolute Gasteiger partial charge is 0.353 e. The molecule has 1 aliphatic carbocycles. The van der Waals surface area contributed by atoms with Gasteiger partial charge in [0.05, 0.1) is 6.04 Å². The Labute approximate surface area is 92.2 Å². The van der Waals surface area contributed by atoms with E-state index in [2.05, 4.69) is 17.3 Å². The smallest absolute Gasteiger partial charge is 0.236 e. The van der Waals surface area contributed by atoms with Gasteiger partial charge in [-0.25, -0.2) is 0 Å². The highest BCUT2D eigenvalue weighted by Crippen LogP contribution is 2.21. The first-order chi connectivity index (χ1) is 7.11. The van der Waals surface area contributed by atoms with E-state index in [1.807, 2.05) is 0 Å². The number of nitrogens with zero attached hydrogens (tertiary/aromatic N) is 1. The van der Waals surface area contributed by atoms with Crippen LogP contribution in [-0.4, -0.2) is 43.0 Å². The van der Waals surface area contributed by atoms with Crippen LogP contribution in [0.4, 0.5) is 0 Å². The van der Waals surface area contributed by atoms with Gasteiger partial charge in [-0.3, -0.25) is 4.79 Å². The summed E-state index contributed by atoms with van der Waals surface area (Å²) >= 11 is 0. The molecule has 15 heavy (non-hydrogen) atoms. The molecule has 4 nitrogen and oxygen atoms in total. The standard InChI is InChI=1S/C11H23N3O/c1-9(12)11(15)13-7-8-14(2)10-5-3-4-6-10/h9-10H,3-8,12H2,1-2H3,(H,13,15)/t9-/m0/s1. The van der Waals surface area contributed by atoms with Crippen LogP contribution in [0.3, 0.4) is 0 Å². The average Bonchev–Trinajstić information content (AvgIpc) is 2.70. The lowest BCUT2D eigenvalue weighted by Crippen LogP contribution is -2.42. The number of likely N-dealkylation sites (N-methyl/N-ethyl adjacent to an activating group) is 1. The van der Waals surface area contributed by atoms with Crippen molar-refractivity contribution in [3.05, 3.63) is 0 Å². The third kappa shape index (κ3) is 4.18. The van der Waals surface area contributed by atoms with Crippen LogP contribution >= 0.6 is 0 Å². The van der Waals surface area contributed by atoms with Crippen molar-refractivity contribution < 1.29 is 4.79 Å². The van der Waals surface area contributed by atoms with Crippen LogP contribution in [0.5, 0.6) is 0 Å². The van der Waals surface area contributed by atoms with Gasteiger partial charge < -0.3 is 16.0 Å². The molecule has 0 unspecified atom stereocenters. The van der Waals surface area contributed by atoms with E-state index in [1.165, 1.54) is 25.7 Å². The lowest BCUT2D eigenvalue weighted by molar-refractivity contribution is -0.122. The van der Waals surface area contributed by atoms with Gasteiger partial charge >= 0.3 is 0 Å². The Morgan fingerprint density at radius 3 is 2.67 bits per heavy atom. The van der Waals surface area contributed by atoms with Crippen molar-refractivity contribution in [3.63, 3.8) is 0 Å². The maximum atomic E-state index is 11.2. The van der Waals surface area contributed by atoms with Gasteiger partial charge in [0.2, 0.25) is 5.91 Å². The molecule has 4 heteroatoms. The van der Waals surface area contributed by atoms with E-state index in [0.29, 0.717) is 6.54 Å². The topological polar surface area (TPSA) is 58.4 Å². The number of carbonyl (C=O) groups is 1. The fraction of sp³-hybridized carbons (Fsp3) is 0.909. The molecule has 1 rings (SSSR count). The van der Waals surface area contributed by atoms with Gasteiger partial charge in [0.1, 0.15) is 0 Å². The van der Waals surface area contributed by atoms with Crippen molar-refractivity contribution in [2.24, 2.45) is 5.73 Å². The lowest BCUT2D eigenvalue weighted by Gasteiger charge is -2.24. The predicted molar refractivity (Wildman–Crippen MR) is 61.5 cm³/mol. The summed E-state index contributed by atoms with van der Waals surface area (Å²) in [6.45, 7) is 3.33. The fourth-order valence-corrected chi connectivity index (χ4v) is 2.04. The van der Waals surface area contributed by atoms with Crippen LogP contribution in [0.2, 0.25) is 0 Å². The minimum atomic E-state index is -0.401. The first-order valence-corrected chi connectivity index (χ1v) is 5.85. The molecule has 0 heterocycles. The molecule has 0 bridgehead atoms. The van der Waals surface area contributed by atoms with E-state index in [9.17, 15) is 4.79 Å². The molecule has 3 N–H and O–H groups in total. The van der Waals surface area contributed by atoms with Crippen LogP contribution in [0.15, 0.2) is 0 Å². The third-order valence-corrected chi connectivity index (χ3v) is 3.13. The summed E-state index contributed by atoms with van der Waals surface area (Å²) in [5, 5.41) is 2.83. The molecule has 0 saturated heterocycles. The molecule has 0 spiro atoms. The van der Waals surface area contributed by atoms with Crippen LogP contribution in [0.25, 0.3) is 0 Å². The summed E-state index contributed by atoms with van der Waals surface area (Å²) in [6, 6.07) is 0.319. The van der Waals surface area contributed by atoms with E-state index < -0.39 is 6.04 Å². The van der Waals surface area contributed by atoms with Gasteiger partial charge in [-0.1, -0.05) is 12.8 Å². The predicted octanol–water partition coefficient (Wildman–Crippen LogP) is 0.324. The first-order valence-electron chi connectivity index (χ1n) is 5.85. The molecule has 0 aromatic carbocycles. The monoisotopic (exact) mass is 213 g/mol. The Morgan fingerprint density at radius 1 is 1.53 bits per heavy atom. The first kappa shape index (κ1) is 12.5. The number of hydrogen-bond donors (Lipinski definition) is 2. The summed E-state index contributed by atoms with van der Waals surface area (Å²) in [4.78, 5) is 13.5. The summed E-state index contributed by atoms with van der Waals surface area (Å²) in [6.07, 6.45) is 5.30. The number of rotatable bonds is 5. The molecule has 1 amide bonds. The van der Waals surface area contributed by atoms with E-state index in [-0.39, 0.29) is 5.91 Å². The molecule has 1 fully saturated rings. The zero-order chi connectivity index (χ0) is 11.3. The van der Waals surface area contributed by atoms with Crippen molar-refractivity contribution in [1.29, 1.82) is 0 Å². The zero-order valence-corrected chi connectivity index (χ0v) is 9.83. The van der Waals surface area contributed by atoms with Crippen molar-refractivity contribution >= 4 is 5.91 Å². The fourth-order valence-electron chi connectivity index (χ4n) is 2.04. The number of nitrogens with two attached hydrogens (primary N) is 1. The SMILES string of the molecule is C[C@H](N)C(=O)NCCN(C)C1CCCC1. The lowest BCUT2D eigenvalue weighted by atomic mass is 10.2. The van der Waals surface area contributed by atoms with Crippen LogP contribution in [0, 0.1) is 0 Å². The van der Waals surface area contributed by atoms with Crippen molar-refractivity contribution in [2.45, 2.75) is 44.7 Å². The third-order valence-electron chi connectivity index (χ3n) is 3.13. The van der Waals surface area contributed by atoms with Gasteiger partial charge in [-0.2, -0.15) is 0 Å². The van der Waals surface area contributed by atoms with E-state index in [1.54, 1.807) is 6.92 Å². The summed E-state index contributed by atoms with van der Waals surface area (Å²) < 4.78 is 0. The van der Waals surface area contributed by atoms with Gasteiger partial charge in [0.25, 0.3) is 0 Å². The van der Waals surface area contributed by atoms with Gasteiger partial charge in [0, 0.05) is 19.1 Å². The van der Waals surface area contributed by atoms with Crippen molar-refractivity contribution in [1.82, 2.24) is 10.2 Å². The number of nitrogens with one attached hydrogen (secondary N) is 1. The second-order valence-electron chi connectivity index (χ2n) is 4.50. The highest BCUT2D eigenvalue weighted by atomic mass is 16.2. The maximum absolute atomic E-state index is 11.2. The summed E-state index contributed by atoms with van der Waals surface area (Å²) in [5.41, 5.74) is 5.45. The van der Waals surface area contributed by atoms with E-state index >= 15 is 0 Å². The molecule has 88 valence electrons. The molecule has 0 aliphatic heterocycles. The number of hydrogen-bond acceptors (Lipinski definition) is 3. The quantitative estimate of drug-likeness (QED) is 0.691. The van der Waals surface area contributed by atoms with E-state index in [0.717, 1.165) is 12.6 Å². The normalized spacial score (nSPS) is 19.5. The highest BCUT2D eigenvalue weighted by Gasteiger charge is 2.19. The number of amides is 1. The molecule has 1 aliphatic rings. The van der Waals surface area contributed by atoms with Gasteiger partial charge in [-0.05, 0) is 26.8 Å². The van der Waals surface area contributed by atoms with Crippen LogP contribution in [-0.2, 0) is 4.79 Å². The average molecular weight is 213 g/mol. The molecular formula is C11H23N3O. The highest BCUT2D eigenvalue weighted by molar-refractivity contribution is 5.80. The molecule has 0 radical (unpaired) electrons. The van der Waals surface area contributed by atoms with Crippen molar-refractivity contribution in [3.8, 4) is 0 Å². The Hall–Kier alpha value is -0.610. The molecule has 1 saturated carbocycles. The Bertz CT molecular complexity index is 200. The molecule has 1 atom stereocenters.